The van der Waals surface area contributed by atoms with E-state index >= 15 is 0 Å². The van der Waals surface area contributed by atoms with Crippen molar-refractivity contribution in [3.05, 3.63) is 22.4 Å². The number of hydrogen-bond donors (Lipinski definition) is 0. The molecule has 1 rings (SSSR count). The molecule has 0 bridgehead atoms. The van der Waals surface area contributed by atoms with Crippen LogP contribution in [0, 0.1) is 5.92 Å². The molecular weight excluding hydrogens is 282 g/mol. The number of nitrogens with zero attached hydrogens (tertiary/aromatic N) is 1. The molecule has 0 fully saturated rings. The predicted molar refractivity (Wildman–Crippen MR) is 77.5 cm³/mol. The second kappa shape index (κ2) is 8.26. The standard InChI is InChI=1S/C13H22BrNS/c1-3-15(9-7-12(2)6-8-14)11-13-5-4-10-16-13/h4-5,10,12H,3,6-9,11H2,1-2H3. The Bertz CT molecular complexity index is 261. The van der Waals surface area contributed by atoms with Gasteiger partial charge in [0.1, 0.15) is 0 Å². The smallest absolute Gasteiger partial charge is 0.0327 e. The molecule has 3 heteroatoms. The molecule has 1 aromatic rings. The summed E-state index contributed by atoms with van der Waals surface area (Å²) in [6, 6.07) is 4.37. The van der Waals surface area contributed by atoms with E-state index in [-0.39, 0.29) is 0 Å². The van der Waals surface area contributed by atoms with E-state index in [1.807, 2.05) is 11.3 Å². The summed E-state index contributed by atoms with van der Waals surface area (Å²) in [5.41, 5.74) is 0. The molecule has 0 radical (unpaired) electrons. The zero-order valence-electron chi connectivity index (χ0n) is 10.3. The minimum Gasteiger partial charge on any atom is -0.299 e. The molecule has 1 nitrogen and oxygen atoms in total. The van der Waals surface area contributed by atoms with E-state index in [0.29, 0.717) is 0 Å². The monoisotopic (exact) mass is 303 g/mol. The second-order valence-corrected chi connectivity index (χ2v) is 6.14. The maximum atomic E-state index is 3.51. The summed E-state index contributed by atoms with van der Waals surface area (Å²) in [6.07, 6.45) is 2.60. The van der Waals surface area contributed by atoms with E-state index in [4.69, 9.17) is 0 Å². The zero-order valence-corrected chi connectivity index (χ0v) is 12.7. The van der Waals surface area contributed by atoms with E-state index in [0.717, 1.165) is 24.3 Å². The molecule has 1 heterocycles. The van der Waals surface area contributed by atoms with Gasteiger partial charge < -0.3 is 0 Å². The van der Waals surface area contributed by atoms with Gasteiger partial charge in [0, 0.05) is 16.8 Å². The summed E-state index contributed by atoms with van der Waals surface area (Å²) >= 11 is 5.37. The molecule has 0 aromatic carbocycles. The van der Waals surface area contributed by atoms with Crippen molar-refractivity contribution in [2.75, 3.05) is 18.4 Å². The molecule has 0 N–H and O–H groups in total. The summed E-state index contributed by atoms with van der Waals surface area (Å²) in [5.74, 6) is 0.830. The van der Waals surface area contributed by atoms with Crippen molar-refractivity contribution in [3.63, 3.8) is 0 Å². The van der Waals surface area contributed by atoms with Gasteiger partial charge in [0.2, 0.25) is 0 Å². The van der Waals surface area contributed by atoms with E-state index in [1.165, 1.54) is 24.3 Å². The van der Waals surface area contributed by atoms with Gasteiger partial charge in [-0.1, -0.05) is 35.8 Å². The van der Waals surface area contributed by atoms with Crippen molar-refractivity contribution < 1.29 is 0 Å². The lowest BCUT2D eigenvalue weighted by atomic mass is 10.1. The van der Waals surface area contributed by atoms with Crippen LogP contribution in [0.2, 0.25) is 0 Å². The fraction of sp³-hybridized carbons (Fsp3) is 0.692. The average Bonchev–Trinajstić information content (AvgIpc) is 2.77. The first-order valence-corrected chi connectivity index (χ1v) is 8.07. The van der Waals surface area contributed by atoms with Crippen LogP contribution in [0.3, 0.4) is 0 Å². The lowest BCUT2D eigenvalue weighted by Crippen LogP contribution is -2.24. The molecule has 0 aliphatic carbocycles. The van der Waals surface area contributed by atoms with Crippen molar-refractivity contribution in [3.8, 4) is 0 Å². The summed E-state index contributed by atoms with van der Waals surface area (Å²) in [5, 5.41) is 3.29. The van der Waals surface area contributed by atoms with Gasteiger partial charge in [-0.3, -0.25) is 4.90 Å². The molecule has 0 saturated heterocycles. The third-order valence-electron chi connectivity index (χ3n) is 2.95. The first-order chi connectivity index (χ1) is 7.76. The van der Waals surface area contributed by atoms with Crippen LogP contribution in [0.25, 0.3) is 0 Å². The highest BCUT2D eigenvalue weighted by Gasteiger charge is 2.07. The molecule has 1 unspecified atom stereocenters. The summed E-state index contributed by atoms with van der Waals surface area (Å²) < 4.78 is 0. The number of alkyl halides is 1. The van der Waals surface area contributed by atoms with Crippen LogP contribution in [-0.2, 0) is 6.54 Å². The van der Waals surface area contributed by atoms with Crippen LogP contribution in [0.5, 0.6) is 0 Å². The van der Waals surface area contributed by atoms with Crippen LogP contribution in [0.4, 0.5) is 0 Å². The minimum atomic E-state index is 0.830. The SMILES string of the molecule is CCN(CCC(C)CCBr)Cc1cccs1. The van der Waals surface area contributed by atoms with Gasteiger partial charge in [-0.15, -0.1) is 11.3 Å². The normalized spacial score (nSPS) is 13.2. The molecule has 0 amide bonds. The molecule has 16 heavy (non-hydrogen) atoms. The Balaban J connectivity index is 2.26. The molecular formula is C13H22BrNS. The summed E-state index contributed by atoms with van der Waals surface area (Å²) in [4.78, 5) is 4.02. The van der Waals surface area contributed by atoms with E-state index in [1.54, 1.807) is 0 Å². The number of hydrogen-bond acceptors (Lipinski definition) is 2. The molecule has 92 valence electrons. The van der Waals surface area contributed by atoms with Gasteiger partial charge in [-0.25, -0.2) is 0 Å². The average molecular weight is 304 g/mol. The fourth-order valence-corrected chi connectivity index (χ4v) is 3.23. The van der Waals surface area contributed by atoms with E-state index in [2.05, 4.69) is 52.2 Å². The van der Waals surface area contributed by atoms with Crippen LogP contribution in [-0.4, -0.2) is 23.3 Å². The Morgan fingerprint density at radius 2 is 2.25 bits per heavy atom. The Morgan fingerprint density at radius 3 is 2.81 bits per heavy atom. The third kappa shape index (κ3) is 5.46. The number of rotatable bonds is 8. The highest BCUT2D eigenvalue weighted by atomic mass is 79.9. The van der Waals surface area contributed by atoms with Crippen LogP contribution in [0.1, 0.15) is 31.6 Å². The number of thiophene rings is 1. The Morgan fingerprint density at radius 1 is 1.44 bits per heavy atom. The zero-order chi connectivity index (χ0) is 11.8. The lowest BCUT2D eigenvalue weighted by Gasteiger charge is -2.21. The highest BCUT2D eigenvalue weighted by molar-refractivity contribution is 9.09. The van der Waals surface area contributed by atoms with Crippen LogP contribution < -0.4 is 0 Å². The topological polar surface area (TPSA) is 3.24 Å². The van der Waals surface area contributed by atoms with Crippen LogP contribution in [0.15, 0.2) is 17.5 Å². The highest BCUT2D eigenvalue weighted by Crippen LogP contribution is 2.14. The van der Waals surface area contributed by atoms with Gasteiger partial charge in [-0.2, -0.15) is 0 Å². The Kier molecular flexibility index (Phi) is 7.33. The van der Waals surface area contributed by atoms with E-state index < -0.39 is 0 Å². The summed E-state index contributed by atoms with van der Waals surface area (Å²) in [7, 11) is 0. The minimum absolute atomic E-state index is 0.830. The first kappa shape index (κ1) is 14.2. The van der Waals surface area contributed by atoms with Crippen molar-refractivity contribution in [1.29, 1.82) is 0 Å². The van der Waals surface area contributed by atoms with Gasteiger partial charge in [0.15, 0.2) is 0 Å². The molecule has 1 aromatic heterocycles. The molecule has 0 spiro atoms. The molecule has 0 aliphatic heterocycles. The van der Waals surface area contributed by atoms with Gasteiger partial charge in [0.05, 0.1) is 0 Å². The first-order valence-electron chi connectivity index (χ1n) is 6.07. The van der Waals surface area contributed by atoms with Crippen molar-refractivity contribution in [1.82, 2.24) is 4.90 Å². The maximum absolute atomic E-state index is 3.51. The Hall–Kier alpha value is 0.140. The molecule has 0 saturated carbocycles. The lowest BCUT2D eigenvalue weighted by molar-refractivity contribution is 0.260. The van der Waals surface area contributed by atoms with Gasteiger partial charge in [-0.05, 0) is 43.3 Å². The van der Waals surface area contributed by atoms with E-state index in [9.17, 15) is 0 Å². The third-order valence-corrected chi connectivity index (χ3v) is 4.27. The second-order valence-electron chi connectivity index (χ2n) is 4.32. The largest absolute Gasteiger partial charge is 0.299 e. The van der Waals surface area contributed by atoms with Crippen molar-refractivity contribution in [2.24, 2.45) is 5.92 Å². The van der Waals surface area contributed by atoms with Gasteiger partial charge in [0.25, 0.3) is 0 Å². The fourth-order valence-electron chi connectivity index (χ4n) is 1.71. The molecule has 1 atom stereocenters. The van der Waals surface area contributed by atoms with Gasteiger partial charge >= 0.3 is 0 Å². The van der Waals surface area contributed by atoms with Crippen LogP contribution >= 0.6 is 27.3 Å². The predicted octanol–water partition coefficient (Wildman–Crippen LogP) is 4.38. The maximum Gasteiger partial charge on any atom is 0.0327 e. The van der Waals surface area contributed by atoms with Crippen molar-refractivity contribution >= 4 is 27.3 Å². The van der Waals surface area contributed by atoms with Crippen molar-refractivity contribution in [2.45, 2.75) is 33.2 Å². The Labute approximate surface area is 112 Å². The number of halogens is 1. The molecule has 0 aliphatic rings. The summed E-state index contributed by atoms with van der Waals surface area (Å²) in [6.45, 7) is 8.10. The quantitative estimate of drug-likeness (QED) is 0.644.